The highest BCUT2D eigenvalue weighted by Crippen LogP contribution is 2.17. The molecule has 0 atom stereocenters. The molecule has 5 heteroatoms. The van der Waals surface area contributed by atoms with Crippen molar-refractivity contribution in [3.05, 3.63) is 95.8 Å². The van der Waals surface area contributed by atoms with Crippen LogP contribution in [0, 0.1) is 6.92 Å². The monoisotopic (exact) mass is 427 g/mol. The number of nitrogens with one attached hydrogen (secondary N) is 1. The number of ether oxygens (including phenoxy) is 1. The second-order valence-corrected chi connectivity index (χ2v) is 7.92. The van der Waals surface area contributed by atoms with Crippen LogP contribution in [0.4, 0.5) is 0 Å². The molecule has 0 fully saturated rings. The van der Waals surface area contributed by atoms with E-state index in [2.05, 4.69) is 22.9 Å². The highest BCUT2D eigenvalue weighted by molar-refractivity contribution is 5.77. The molecule has 0 saturated heterocycles. The number of fused-ring (bicyclic) bond motifs is 1. The number of aromatic nitrogens is 2. The maximum absolute atomic E-state index is 12.3. The smallest absolute Gasteiger partial charge is 0.220 e. The summed E-state index contributed by atoms with van der Waals surface area (Å²) in [5.74, 6) is 1.90. The first-order valence-electron chi connectivity index (χ1n) is 11.1. The van der Waals surface area contributed by atoms with Crippen LogP contribution in [0.5, 0.6) is 5.75 Å². The third-order valence-electron chi connectivity index (χ3n) is 5.49. The second kappa shape index (κ2) is 10.6. The van der Waals surface area contributed by atoms with Crippen LogP contribution < -0.4 is 10.1 Å². The first-order chi connectivity index (χ1) is 15.7. The molecule has 0 spiro atoms. The lowest BCUT2D eigenvalue weighted by Gasteiger charge is -2.11. The molecule has 1 aromatic heterocycles. The van der Waals surface area contributed by atoms with Gasteiger partial charge < -0.3 is 14.6 Å². The van der Waals surface area contributed by atoms with E-state index in [1.54, 1.807) is 0 Å². The van der Waals surface area contributed by atoms with Gasteiger partial charge in [-0.2, -0.15) is 0 Å². The van der Waals surface area contributed by atoms with Crippen LogP contribution in [-0.4, -0.2) is 28.6 Å². The highest BCUT2D eigenvalue weighted by atomic mass is 16.5. The Labute approximate surface area is 189 Å². The summed E-state index contributed by atoms with van der Waals surface area (Å²) in [4.78, 5) is 17.1. The Morgan fingerprint density at radius 3 is 2.50 bits per heavy atom. The van der Waals surface area contributed by atoms with Crippen LogP contribution >= 0.6 is 0 Å². The zero-order valence-electron chi connectivity index (χ0n) is 18.5. The van der Waals surface area contributed by atoms with Gasteiger partial charge in [-0.15, -0.1) is 0 Å². The molecule has 0 aliphatic heterocycles. The van der Waals surface area contributed by atoms with Gasteiger partial charge in [0.05, 0.1) is 17.6 Å². The summed E-state index contributed by atoms with van der Waals surface area (Å²) < 4.78 is 8.13. The highest BCUT2D eigenvalue weighted by Gasteiger charge is 2.11. The van der Waals surface area contributed by atoms with E-state index in [0.29, 0.717) is 32.5 Å². The topological polar surface area (TPSA) is 56.1 Å². The molecule has 0 bridgehead atoms. The molecule has 0 aliphatic carbocycles. The van der Waals surface area contributed by atoms with E-state index in [0.717, 1.165) is 29.0 Å². The number of rotatable bonds is 10. The van der Waals surface area contributed by atoms with Gasteiger partial charge >= 0.3 is 0 Å². The number of benzene rings is 3. The number of amides is 1. The lowest BCUT2D eigenvalue weighted by Crippen LogP contribution is -2.27. The van der Waals surface area contributed by atoms with E-state index in [-0.39, 0.29) is 5.91 Å². The summed E-state index contributed by atoms with van der Waals surface area (Å²) in [5, 5.41) is 3.04. The number of carbonyl (C=O) groups is 1. The molecule has 0 aliphatic rings. The third-order valence-corrected chi connectivity index (χ3v) is 5.49. The maximum atomic E-state index is 12.3. The average Bonchev–Trinajstić information content (AvgIpc) is 3.17. The van der Waals surface area contributed by atoms with Crippen LogP contribution in [0.2, 0.25) is 0 Å². The minimum atomic E-state index is 0.0687. The molecule has 4 aromatic rings. The molecule has 1 heterocycles. The predicted molar refractivity (Wildman–Crippen MR) is 128 cm³/mol. The SMILES string of the molecule is Cc1ccc(OCCn2c(CCNC(=O)CCc3ccccc3)nc3ccccc32)cc1. The Morgan fingerprint density at radius 1 is 0.938 bits per heavy atom. The predicted octanol–water partition coefficient (Wildman–Crippen LogP) is 4.72. The van der Waals surface area contributed by atoms with E-state index in [1.807, 2.05) is 72.8 Å². The van der Waals surface area contributed by atoms with Gasteiger partial charge in [-0.3, -0.25) is 4.79 Å². The third kappa shape index (κ3) is 5.76. The molecule has 3 aromatic carbocycles. The minimum Gasteiger partial charge on any atom is -0.492 e. The van der Waals surface area contributed by atoms with Crippen LogP contribution in [0.15, 0.2) is 78.9 Å². The molecule has 0 unspecified atom stereocenters. The van der Waals surface area contributed by atoms with Crippen molar-refractivity contribution in [3.8, 4) is 5.75 Å². The average molecular weight is 428 g/mol. The first kappa shape index (κ1) is 21.6. The zero-order valence-corrected chi connectivity index (χ0v) is 18.5. The summed E-state index contributed by atoms with van der Waals surface area (Å²) >= 11 is 0. The van der Waals surface area contributed by atoms with E-state index in [9.17, 15) is 4.79 Å². The normalized spacial score (nSPS) is 10.9. The zero-order chi connectivity index (χ0) is 22.2. The number of aryl methyl sites for hydroxylation is 2. The van der Waals surface area contributed by atoms with Crippen molar-refractivity contribution in [3.63, 3.8) is 0 Å². The summed E-state index contributed by atoms with van der Waals surface area (Å²) in [6, 6.07) is 26.3. The Hall–Kier alpha value is -3.60. The molecular formula is C27H29N3O2. The molecule has 0 radical (unpaired) electrons. The van der Waals surface area contributed by atoms with E-state index in [4.69, 9.17) is 9.72 Å². The summed E-state index contributed by atoms with van der Waals surface area (Å²) in [6.45, 7) is 3.88. The quantitative estimate of drug-likeness (QED) is 0.399. The Kier molecular flexibility index (Phi) is 7.18. The molecular weight excluding hydrogens is 398 g/mol. The van der Waals surface area contributed by atoms with Gasteiger partial charge in [0, 0.05) is 19.4 Å². The summed E-state index contributed by atoms with van der Waals surface area (Å²) in [5.41, 5.74) is 4.45. The van der Waals surface area contributed by atoms with Crippen molar-refractivity contribution in [1.82, 2.24) is 14.9 Å². The van der Waals surface area contributed by atoms with Crippen LogP contribution in [0.1, 0.15) is 23.4 Å². The van der Waals surface area contributed by atoms with Crippen molar-refractivity contribution in [2.75, 3.05) is 13.2 Å². The summed E-state index contributed by atoms with van der Waals surface area (Å²) in [6.07, 6.45) is 1.92. The van der Waals surface area contributed by atoms with Crippen LogP contribution in [0.25, 0.3) is 11.0 Å². The van der Waals surface area contributed by atoms with Gasteiger partial charge in [0.2, 0.25) is 5.91 Å². The lowest BCUT2D eigenvalue weighted by molar-refractivity contribution is -0.121. The number of nitrogens with zero attached hydrogens (tertiary/aromatic N) is 2. The number of imidazole rings is 1. The van der Waals surface area contributed by atoms with Gasteiger partial charge in [0.15, 0.2) is 0 Å². The first-order valence-corrected chi connectivity index (χ1v) is 11.1. The minimum absolute atomic E-state index is 0.0687. The fraction of sp³-hybridized carbons (Fsp3) is 0.259. The van der Waals surface area contributed by atoms with Gasteiger partial charge in [-0.25, -0.2) is 4.98 Å². The van der Waals surface area contributed by atoms with Crippen LogP contribution in [-0.2, 0) is 24.2 Å². The van der Waals surface area contributed by atoms with Crippen molar-refractivity contribution in [2.45, 2.75) is 32.7 Å². The largest absolute Gasteiger partial charge is 0.492 e. The standard InChI is InChI=1S/C27H29N3O2/c1-21-11-14-23(15-12-21)32-20-19-30-25-10-6-5-9-24(25)29-26(30)17-18-28-27(31)16-13-22-7-3-2-4-8-22/h2-12,14-15H,13,16-20H2,1H3,(H,28,31). The number of carbonyl (C=O) groups excluding carboxylic acids is 1. The molecule has 4 rings (SSSR count). The number of hydrogen-bond acceptors (Lipinski definition) is 3. The molecule has 164 valence electrons. The Bertz CT molecular complexity index is 1150. The van der Waals surface area contributed by atoms with E-state index in [1.165, 1.54) is 11.1 Å². The van der Waals surface area contributed by atoms with Gasteiger partial charge in [-0.1, -0.05) is 60.2 Å². The molecule has 32 heavy (non-hydrogen) atoms. The fourth-order valence-corrected chi connectivity index (χ4v) is 3.76. The van der Waals surface area contributed by atoms with Crippen molar-refractivity contribution in [2.24, 2.45) is 0 Å². The van der Waals surface area contributed by atoms with Gasteiger partial charge in [0.25, 0.3) is 0 Å². The second-order valence-electron chi connectivity index (χ2n) is 7.92. The van der Waals surface area contributed by atoms with E-state index >= 15 is 0 Å². The molecule has 0 saturated carbocycles. The van der Waals surface area contributed by atoms with Crippen molar-refractivity contribution >= 4 is 16.9 Å². The Morgan fingerprint density at radius 2 is 1.69 bits per heavy atom. The van der Waals surface area contributed by atoms with Gasteiger partial charge in [0.1, 0.15) is 18.2 Å². The van der Waals surface area contributed by atoms with E-state index < -0.39 is 0 Å². The number of hydrogen-bond donors (Lipinski definition) is 1. The van der Waals surface area contributed by atoms with Crippen LogP contribution in [0.3, 0.4) is 0 Å². The maximum Gasteiger partial charge on any atom is 0.220 e. The van der Waals surface area contributed by atoms with Crippen molar-refractivity contribution in [1.29, 1.82) is 0 Å². The molecule has 5 nitrogen and oxygen atoms in total. The molecule has 1 N–H and O–H groups in total. The number of para-hydroxylation sites is 2. The van der Waals surface area contributed by atoms with Crippen molar-refractivity contribution < 1.29 is 9.53 Å². The molecule has 1 amide bonds. The fourth-order valence-electron chi connectivity index (χ4n) is 3.76. The lowest BCUT2D eigenvalue weighted by atomic mass is 10.1. The summed E-state index contributed by atoms with van der Waals surface area (Å²) in [7, 11) is 0. The van der Waals surface area contributed by atoms with Gasteiger partial charge in [-0.05, 0) is 43.2 Å². The Balaban J connectivity index is 1.33.